The van der Waals surface area contributed by atoms with Crippen molar-refractivity contribution in [3.63, 3.8) is 0 Å². The van der Waals surface area contributed by atoms with E-state index in [0.717, 1.165) is 0 Å². The SMILES string of the molecule is CC(CC1CCCCN1)N1CCCCCC1CO. The van der Waals surface area contributed by atoms with Crippen molar-refractivity contribution in [3.8, 4) is 0 Å². The number of nitrogens with zero attached hydrogens (tertiary/aromatic N) is 1. The second-order valence-electron chi connectivity index (χ2n) is 6.16. The minimum absolute atomic E-state index is 0.336. The highest BCUT2D eigenvalue weighted by Crippen LogP contribution is 2.22. The van der Waals surface area contributed by atoms with Gasteiger partial charge in [-0.1, -0.05) is 19.3 Å². The molecule has 3 nitrogen and oxygen atoms in total. The van der Waals surface area contributed by atoms with E-state index < -0.39 is 0 Å². The van der Waals surface area contributed by atoms with Gasteiger partial charge in [-0.25, -0.2) is 0 Å². The summed E-state index contributed by atoms with van der Waals surface area (Å²) in [7, 11) is 0. The van der Waals surface area contributed by atoms with Crippen molar-refractivity contribution in [2.75, 3.05) is 19.7 Å². The van der Waals surface area contributed by atoms with Crippen molar-refractivity contribution < 1.29 is 5.11 Å². The molecule has 0 aromatic carbocycles. The van der Waals surface area contributed by atoms with Crippen molar-refractivity contribution in [2.45, 2.75) is 76.4 Å². The van der Waals surface area contributed by atoms with Crippen LogP contribution in [0.1, 0.15) is 58.3 Å². The number of piperidine rings is 1. The molecule has 0 aliphatic carbocycles. The molecule has 0 aromatic rings. The zero-order valence-corrected chi connectivity index (χ0v) is 11.9. The first-order valence-electron chi connectivity index (χ1n) is 7.91. The third-order valence-electron chi connectivity index (χ3n) is 4.74. The molecule has 2 aliphatic rings. The molecule has 2 saturated heterocycles. The van der Waals surface area contributed by atoms with Crippen LogP contribution >= 0.6 is 0 Å². The molecule has 0 aromatic heterocycles. The molecule has 3 heteroatoms. The fraction of sp³-hybridized carbons (Fsp3) is 1.00. The van der Waals surface area contributed by atoms with Gasteiger partial charge in [0.2, 0.25) is 0 Å². The lowest BCUT2D eigenvalue weighted by Crippen LogP contribution is -2.47. The molecule has 3 atom stereocenters. The zero-order valence-electron chi connectivity index (χ0n) is 11.9. The lowest BCUT2D eigenvalue weighted by Gasteiger charge is -2.37. The van der Waals surface area contributed by atoms with E-state index in [1.54, 1.807) is 0 Å². The summed E-state index contributed by atoms with van der Waals surface area (Å²) >= 11 is 0. The lowest BCUT2D eigenvalue weighted by molar-refractivity contribution is 0.0810. The standard InChI is InChI=1S/C15H30N2O/c1-13(11-14-7-4-5-9-16-14)17-10-6-2-3-8-15(17)12-18/h13-16,18H,2-12H2,1H3. The summed E-state index contributed by atoms with van der Waals surface area (Å²) in [6.45, 7) is 5.06. The summed E-state index contributed by atoms with van der Waals surface area (Å²) in [6.07, 6.45) is 10.4. The van der Waals surface area contributed by atoms with Crippen LogP contribution in [0.3, 0.4) is 0 Å². The van der Waals surface area contributed by atoms with Gasteiger partial charge in [-0.3, -0.25) is 4.90 Å². The molecule has 0 radical (unpaired) electrons. The number of hydrogen-bond donors (Lipinski definition) is 2. The zero-order chi connectivity index (χ0) is 12.8. The summed E-state index contributed by atoms with van der Waals surface area (Å²) in [5, 5.41) is 13.2. The largest absolute Gasteiger partial charge is 0.395 e. The quantitative estimate of drug-likeness (QED) is 0.807. The number of aliphatic hydroxyl groups excluding tert-OH is 1. The van der Waals surface area contributed by atoms with E-state index in [1.807, 2.05) is 0 Å². The fourth-order valence-corrected chi connectivity index (χ4v) is 3.65. The first-order chi connectivity index (χ1) is 8.81. The van der Waals surface area contributed by atoms with E-state index >= 15 is 0 Å². The number of aliphatic hydroxyl groups is 1. The van der Waals surface area contributed by atoms with E-state index in [4.69, 9.17) is 0 Å². The van der Waals surface area contributed by atoms with E-state index in [-0.39, 0.29) is 0 Å². The number of rotatable bonds is 4. The first kappa shape index (κ1) is 14.3. The monoisotopic (exact) mass is 254 g/mol. The van der Waals surface area contributed by atoms with Crippen molar-refractivity contribution >= 4 is 0 Å². The third-order valence-corrected chi connectivity index (χ3v) is 4.74. The Hall–Kier alpha value is -0.120. The van der Waals surface area contributed by atoms with Crippen molar-refractivity contribution in [2.24, 2.45) is 0 Å². The number of hydrogen-bond acceptors (Lipinski definition) is 3. The molecule has 106 valence electrons. The van der Waals surface area contributed by atoms with Gasteiger partial charge in [0, 0.05) is 18.1 Å². The summed E-state index contributed by atoms with van der Waals surface area (Å²) in [5.41, 5.74) is 0. The molecule has 2 fully saturated rings. The van der Waals surface area contributed by atoms with E-state index in [1.165, 1.54) is 64.5 Å². The minimum Gasteiger partial charge on any atom is -0.395 e. The maximum absolute atomic E-state index is 9.58. The Balaban J connectivity index is 1.86. The smallest absolute Gasteiger partial charge is 0.0586 e. The van der Waals surface area contributed by atoms with E-state index in [0.29, 0.717) is 24.7 Å². The van der Waals surface area contributed by atoms with Gasteiger partial charge < -0.3 is 10.4 Å². The molecular formula is C15H30N2O. The Morgan fingerprint density at radius 3 is 2.72 bits per heavy atom. The van der Waals surface area contributed by atoms with Crippen molar-refractivity contribution in [1.82, 2.24) is 10.2 Å². The summed E-state index contributed by atoms with van der Waals surface area (Å²) in [6, 6.07) is 1.72. The average Bonchev–Trinajstić information content (AvgIpc) is 2.64. The normalized spacial score (nSPS) is 33.0. The van der Waals surface area contributed by atoms with Gasteiger partial charge in [-0.05, 0) is 52.1 Å². The van der Waals surface area contributed by atoms with Gasteiger partial charge in [-0.15, -0.1) is 0 Å². The van der Waals surface area contributed by atoms with Gasteiger partial charge in [0.05, 0.1) is 6.61 Å². The maximum Gasteiger partial charge on any atom is 0.0586 e. The summed E-state index contributed by atoms with van der Waals surface area (Å²) in [4.78, 5) is 2.57. The molecule has 2 heterocycles. The van der Waals surface area contributed by atoms with Crippen LogP contribution in [-0.2, 0) is 0 Å². The van der Waals surface area contributed by atoms with Gasteiger partial charge in [-0.2, -0.15) is 0 Å². The third kappa shape index (κ3) is 3.94. The highest BCUT2D eigenvalue weighted by atomic mass is 16.3. The van der Waals surface area contributed by atoms with Crippen LogP contribution in [0, 0.1) is 0 Å². The molecular weight excluding hydrogens is 224 g/mol. The van der Waals surface area contributed by atoms with Crippen LogP contribution in [0.4, 0.5) is 0 Å². The molecule has 0 amide bonds. The Morgan fingerprint density at radius 2 is 2.00 bits per heavy atom. The van der Waals surface area contributed by atoms with E-state index in [2.05, 4.69) is 17.1 Å². The van der Waals surface area contributed by atoms with Crippen LogP contribution in [0.15, 0.2) is 0 Å². The second kappa shape index (κ2) is 7.46. The van der Waals surface area contributed by atoms with Gasteiger partial charge >= 0.3 is 0 Å². The maximum atomic E-state index is 9.58. The Labute approximate surface area is 112 Å². The van der Waals surface area contributed by atoms with Crippen LogP contribution in [0.5, 0.6) is 0 Å². The molecule has 0 spiro atoms. The van der Waals surface area contributed by atoms with Gasteiger partial charge in [0.1, 0.15) is 0 Å². The Morgan fingerprint density at radius 1 is 1.17 bits per heavy atom. The molecule has 0 bridgehead atoms. The van der Waals surface area contributed by atoms with Crippen LogP contribution in [0.2, 0.25) is 0 Å². The average molecular weight is 254 g/mol. The predicted molar refractivity (Wildman–Crippen MR) is 75.8 cm³/mol. The van der Waals surface area contributed by atoms with Crippen LogP contribution < -0.4 is 5.32 Å². The lowest BCUT2D eigenvalue weighted by atomic mass is 9.97. The summed E-state index contributed by atoms with van der Waals surface area (Å²) in [5.74, 6) is 0. The molecule has 0 saturated carbocycles. The van der Waals surface area contributed by atoms with E-state index in [9.17, 15) is 5.11 Å². The van der Waals surface area contributed by atoms with Gasteiger partial charge in [0.25, 0.3) is 0 Å². The fourth-order valence-electron chi connectivity index (χ4n) is 3.65. The van der Waals surface area contributed by atoms with Crippen molar-refractivity contribution in [1.29, 1.82) is 0 Å². The second-order valence-corrected chi connectivity index (χ2v) is 6.16. The molecule has 2 N–H and O–H groups in total. The molecule has 3 unspecified atom stereocenters. The first-order valence-corrected chi connectivity index (χ1v) is 7.91. The van der Waals surface area contributed by atoms with Crippen molar-refractivity contribution in [3.05, 3.63) is 0 Å². The Bertz CT molecular complexity index is 229. The Kier molecular flexibility index (Phi) is 5.93. The topological polar surface area (TPSA) is 35.5 Å². The summed E-state index contributed by atoms with van der Waals surface area (Å²) < 4.78 is 0. The highest BCUT2D eigenvalue weighted by Gasteiger charge is 2.26. The molecule has 18 heavy (non-hydrogen) atoms. The van der Waals surface area contributed by atoms with Crippen LogP contribution in [0.25, 0.3) is 0 Å². The molecule has 2 rings (SSSR count). The number of likely N-dealkylation sites (tertiary alicyclic amines) is 1. The van der Waals surface area contributed by atoms with Crippen LogP contribution in [-0.4, -0.2) is 47.8 Å². The highest BCUT2D eigenvalue weighted by molar-refractivity contribution is 4.83. The minimum atomic E-state index is 0.336. The van der Waals surface area contributed by atoms with Gasteiger partial charge in [0.15, 0.2) is 0 Å². The predicted octanol–water partition coefficient (Wildman–Crippen LogP) is 2.14. The molecule has 2 aliphatic heterocycles. The number of nitrogens with one attached hydrogen (secondary N) is 1.